The third-order valence-electron chi connectivity index (χ3n) is 3.56. The highest BCUT2D eigenvalue weighted by atomic mass is 16.7. The van der Waals surface area contributed by atoms with Crippen LogP contribution in [0.2, 0.25) is 0 Å². The first kappa shape index (κ1) is 14.6. The van der Waals surface area contributed by atoms with Crippen molar-refractivity contribution in [2.75, 3.05) is 46.4 Å². The molecule has 0 spiro atoms. The summed E-state index contributed by atoms with van der Waals surface area (Å²) >= 11 is 0. The van der Waals surface area contributed by atoms with Crippen LogP contribution in [0.3, 0.4) is 0 Å². The highest BCUT2D eigenvalue weighted by Gasteiger charge is 2.37. The van der Waals surface area contributed by atoms with E-state index in [1.165, 1.54) is 0 Å². The van der Waals surface area contributed by atoms with Crippen LogP contribution in [-0.2, 0) is 9.57 Å². The molecule has 0 atom stereocenters. The van der Waals surface area contributed by atoms with Crippen molar-refractivity contribution in [3.63, 3.8) is 0 Å². The molecule has 2 fully saturated rings. The number of nitrogens with zero attached hydrogens (tertiary/aromatic N) is 3. The van der Waals surface area contributed by atoms with Gasteiger partial charge >= 0.3 is 6.09 Å². The molecule has 1 amide bonds. The topological polar surface area (TPSA) is 45.2 Å². The van der Waals surface area contributed by atoms with E-state index in [1.807, 2.05) is 25.8 Å². The van der Waals surface area contributed by atoms with Crippen molar-refractivity contribution >= 4 is 6.09 Å². The normalized spacial score (nSPS) is 23.3. The van der Waals surface area contributed by atoms with Gasteiger partial charge in [0.05, 0.1) is 7.11 Å². The van der Waals surface area contributed by atoms with Crippen LogP contribution in [0.1, 0.15) is 20.8 Å². The second kappa shape index (κ2) is 5.64. The minimum atomic E-state index is -0.410. The molecule has 6 nitrogen and oxygen atoms in total. The molecule has 19 heavy (non-hydrogen) atoms. The maximum absolute atomic E-state index is 11.8. The SMILES string of the molecule is CON1CCN(C2CN(C(=O)OC(C)(C)C)C2)CC1. The van der Waals surface area contributed by atoms with Crippen molar-refractivity contribution in [1.82, 2.24) is 14.9 Å². The lowest BCUT2D eigenvalue weighted by atomic mass is 10.1. The van der Waals surface area contributed by atoms with Gasteiger partial charge in [0.15, 0.2) is 0 Å². The largest absolute Gasteiger partial charge is 0.444 e. The first-order valence-electron chi connectivity index (χ1n) is 6.90. The summed E-state index contributed by atoms with van der Waals surface area (Å²) in [5.41, 5.74) is -0.410. The van der Waals surface area contributed by atoms with E-state index in [4.69, 9.17) is 9.57 Å². The van der Waals surface area contributed by atoms with Gasteiger partial charge in [-0.1, -0.05) is 0 Å². The summed E-state index contributed by atoms with van der Waals surface area (Å²) < 4.78 is 5.35. The van der Waals surface area contributed by atoms with Crippen LogP contribution < -0.4 is 0 Å². The maximum Gasteiger partial charge on any atom is 0.410 e. The number of ether oxygens (including phenoxy) is 1. The molecule has 0 aromatic rings. The second-order valence-corrected chi connectivity index (χ2v) is 6.19. The van der Waals surface area contributed by atoms with Crippen molar-refractivity contribution < 1.29 is 14.4 Å². The van der Waals surface area contributed by atoms with Crippen LogP contribution in [0.4, 0.5) is 4.79 Å². The Morgan fingerprint density at radius 2 is 1.68 bits per heavy atom. The van der Waals surface area contributed by atoms with E-state index in [2.05, 4.69) is 4.90 Å². The summed E-state index contributed by atoms with van der Waals surface area (Å²) in [4.78, 5) is 21.2. The van der Waals surface area contributed by atoms with Crippen LogP contribution in [0, 0.1) is 0 Å². The lowest BCUT2D eigenvalue weighted by molar-refractivity contribution is -0.159. The van der Waals surface area contributed by atoms with Gasteiger partial charge in [-0.25, -0.2) is 4.79 Å². The molecule has 0 unspecified atom stereocenters. The van der Waals surface area contributed by atoms with Crippen LogP contribution in [0.15, 0.2) is 0 Å². The molecule has 2 heterocycles. The Hall–Kier alpha value is -0.850. The second-order valence-electron chi connectivity index (χ2n) is 6.19. The number of hydrogen-bond acceptors (Lipinski definition) is 5. The maximum atomic E-state index is 11.8. The molecule has 2 aliphatic heterocycles. The zero-order valence-corrected chi connectivity index (χ0v) is 12.4. The van der Waals surface area contributed by atoms with E-state index < -0.39 is 5.60 Å². The molecule has 2 rings (SSSR count). The van der Waals surface area contributed by atoms with E-state index in [9.17, 15) is 4.79 Å². The summed E-state index contributed by atoms with van der Waals surface area (Å²) in [6, 6.07) is 0.478. The third-order valence-corrected chi connectivity index (χ3v) is 3.56. The van der Waals surface area contributed by atoms with Gasteiger partial charge in [-0.05, 0) is 20.8 Å². The fourth-order valence-electron chi connectivity index (χ4n) is 2.41. The van der Waals surface area contributed by atoms with Crippen LogP contribution in [-0.4, -0.2) is 79.0 Å². The smallest absolute Gasteiger partial charge is 0.410 e. The number of carbonyl (C=O) groups is 1. The number of hydroxylamine groups is 2. The number of amides is 1. The zero-order valence-electron chi connectivity index (χ0n) is 12.4. The van der Waals surface area contributed by atoms with Gasteiger partial charge < -0.3 is 14.5 Å². The van der Waals surface area contributed by atoms with E-state index in [0.29, 0.717) is 6.04 Å². The minimum absolute atomic E-state index is 0.195. The van der Waals surface area contributed by atoms with Gasteiger partial charge in [0.25, 0.3) is 0 Å². The molecule has 0 bridgehead atoms. The van der Waals surface area contributed by atoms with Gasteiger partial charge in [0, 0.05) is 45.3 Å². The molecule has 2 saturated heterocycles. The molecule has 2 aliphatic rings. The number of rotatable bonds is 2. The first-order chi connectivity index (χ1) is 8.89. The Bertz CT molecular complexity index is 316. The van der Waals surface area contributed by atoms with Crippen LogP contribution in [0.5, 0.6) is 0 Å². The van der Waals surface area contributed by atoms with Gasteiger partial charge in [-0.3, -0.25) is 4.90 Å². The molecule has 0 N–H and O–H groups in total. The summed E-state index contributed by atoms with van der Waals surface area (Å²) in [7, 11) is 1.71. The molecule has 110 valence electrons. The molecule has 0 saturated carbocycles. The van der Waals surface area contributed by atoms with Gasteiger partial charge in [0.2, 0.25) is 0 Å². The van der Waals surface area contributed by atoms with Crippen molar-refractivity contribution in [3.05, 3.63) is 0 Å². The molecule has 0 radical (unpaired) electrons. The Morgan fingerprint density at radius 1 is 1.11 bits per heavy atom. The Kier molecular flexibility index (Phi) is 4.32. The molecular formula is C13H25N3O3. The number of likely N-dealkylation sites (tertiary alicyclic amines) is 1. The monoisotopic (exact) mass is 271 g/mol. The van der Waals surface area contributed by atoms with E-state index in [-0.39, 0.29) is 6.09 Å². The molecule has 0 aromatic carbocycles. The number of hydrogen-bond donors (Lipinski definition) is 0. The van der Waals surface area contributed by atoms with Crippen LogP contribution in [0.25, 0.3) is 0 Å². The van der Waals surface area contributed by atoms with Crippen molar-refractivity contribution in [1.29, 1.82) is 0 Å². The average molecular weight is 271 g/mol. The predicted octanol–water partition coefficient (Wildman–Crippen LogP) is 0.785. The summed E-state index contributed by atoms with van der Waals surface area (Å²) in [5.74, 6) is 0. The van der Waals surface area contributed by atoms with E-state index in [0.717, 1.165) is 39.3 Å². The fourth-order valence-corrected chi connectivity index (χ4v) is 2.41. The van der Waals surface area contributed by atoms with Crippen LogP contribution >= 0.6 is 0 Å². The van der Waals surface area contributed by atoms with E-state index >= 15 is 0 Å². The first-order valence-corrected chi connectivity index (χ1v) is 6.90. The third kappa shape index (κ3) is 3.81. The Labute approximate surface area is 115 Å². The Morgan fingerprint density at radius 3 is 2.16 bits per heavy atom. The van der Waals surface area contributed by atoms with Crippen molar-refractivity contribution in [2.24, 2.45) is 0 Å². The predicted molar refractivity (Wildman–Crippen MR) is 71.8 cm³/mol. The fraction of sp³-hybridized carbons (Fsp3) is 0.923. The van der Waals surface area contributed by atoms with Crippen molar-refractivity contribution in [3.8, 4) is 0 Å². The van der Waals surface area contributed by atoms with E-state index in [1.54, 1.807) is 12.0 Å². The quantitative estimate of drug-likeness (QED) is 0.743. The lowest BCUT2D eigenvalue weighted by Crippen LogP contribution is -2.64. The highest BCUT2D eigenvalue weighted by Crippen LogP contribution is 2.20. The average Bonchev–Trinajstić information content (AvgIpc) is 2.25. The zero-order chi connectivity index (χ0) is 14.0. The number of carbonyl (C=O) groups excluding carboxylic acids is 1. The van der Waals surface area contributed by atoms with Gasteiger partial charge in [-0.2, -0.15) is 5.06 Å². The van der Waals surface area contributed by atoms with Gasteiger partial charge in [-0.15, -0.1) is 0 Å². The number of piperazine rings is 1. The highest BCUT2D eigenvalue weighted by molar-refractivity contribution is 5.69. The molecule has 0 aliphatic carbocycles. The standard InChI is InChI=1S/C13H25N3O3/c1-13(2,3)19-12(17)15-9-11(10-15)14-5-7-16(18-4)8-6-14/h11H,5-10H2,1-4H3. The molecule has 0 aromatic heterocycles. The summed E-state index contributed by atoms with van der Waals surface area (Å²) in [6.45, 7) is 11.1. The van der Waals surface area contributed by atoms with Crippen molar-refractivity contribution in [2.45, 2.75) is 32.4 Å². The lowest BCUT2D eigenvalue weighted by Gasteiger charge is -2.47. The molecular weight excluding hydrogens is 246 g/mol. The minimum Gasteiger partial charge on any atom is -0.444 e. The molecule has 6 heteroatoms. The summed E-state index contributed by atoms with van der Waals surface area (Å²) in [5, 5.41) is 1.97. The van der Waals surface area contributed by atoms with Gasteiger partial charge in [0.1, 0.15) is 5.60 Å². The summed E-state index contributed by atoms with van der Waals surface area (Å²) in [6.07, 6.45) is -0.195. The Balaban J connectivity index is 1.70.